The third-order valence-electron chi connectivity index (χ3n) is 4.21. The van der Waals surface area contributed by atoms with Crippen molar-refractivity contribution in [3.05, 3.63) is 58.1 Å². The van der Waals surface area contributed by atoms with Gasteiger partial charge in [0.15, 0.2) is 0 Å². The molecule has 124 valence electrons. The van der Waals surface area contributed by atoms with Gasteiger partial charge in [0.25, 0.3) is 5.91 Å². The van der Waals surface area contributed by atoms with Gasteiger partial charge < -0.3 is 4.90 Å². The number of hydrogen-bond acceptors (Lipinski definition) is 2. The Hall–Kier alpha value is -1.94. The molecule has 0 aliphatic carbocycles. The number of anilines is 1. The standard InChI is InChI=1S/C20H21BrN2O/c1-13(2)10-11-23-18-7-5-4-6-16(18)19(20(23)24)22-15-8-9-17(21)14(3)12-15/h4-9,12-13H,10-11H2,1-3H3. The van der Waals surface area contributed by atoms with Gasteiger partial charge >= 0.3 is 0 Å². The van der Waals surface area contributed by atoms with E-state index in [4.69, 9.17) is 0 Å². The van der Waals surface area contributed by atoms with Crippen molar-refractivity contribution in [1.82, 2.24) is 0 Å². The Balaban J connectivity index is 2.00. The third-order valence-corrected chi connectivity index (χ3v) is 5.10. The van der Waals surface area contributed by atoms with Crippen LogP contribution in [0.4, 0.5) is 11.4 Å². The summed E-state index contributed by atoms with van der Waals surface area (Å²) in [7, 11) is 0. The minimum Gasteiger partial charge on any atom is -0.306 e. The van der Waals surface area contributed by atoms with E-state index in [1.54, 1.807) is 0 Å². The van der Waals surface area contributed by atoms with Gasteiger partial charge in [0.1, 0.15) is 5.71 Å². The summed E-state index contributed by atoms with van der Waals surface area (Å²) in [5.41, 5.74) is 4.34. The number of amides is 1. The molecule has 2 aromatic carbocycles. The molecule has 0 aromatic heterocycles. The number of halogens is 1. The van der Waals surface area contributed by atoms with Crippen LogP contribution in [0.15, 0.2) is 51.9 Å². The summed E-state index contributed by atoms with van der Waals surface area (Å²) in [5.74, 6) is 0.553. The fraction of sp³-hybridized carbons (Fsp3) is 0.300. The highest BCUT2D eigenvalue weighted by Crippen LogP contribution is 2.32. The molecule has 1 amide bonds. The molecule has 1 aliphatic rings. The Morgan fingerprint density at radius 1 is 1.17 bits per heavy atom. The van der Waals surface area contributed by atoms with Crippen LogP contribution in [-0.2, 0) is 4.79 Å². The highest BCUT2D eigenvalue weighted by molar-refractivity contribution is 9.10. The first-order chi connectivity index (χ1) is 11.5. The number of carbonyl (C=O) groups is 1. The van der Waals surface area contributed by atoms with E-state index in [9.17, 15) is 4.79 Å². The van der Waals surface area contributed by atoms with Gasteiger partial charge in [-0.25, -0.2) is 4.99 Å². The molecule has 0 spiro atoms. The molecule has 0 unspecified atom stereocenters. The van der Waals surface area contributed by atoms with Gasteiger partial charge in [0, 0.05) is 16.6 Å². The molecule has 0 radical (unpaired) electrons. The highest BCUT2D eigenvalue weighted by atomic mass is 79.9. The summed E-state index contributed by atoms with van der Waals surface area (Å²) in [6.07, 6.45) is 0.977. The third kappa shape index (κ3) is 3.29. The molecule has 1 aliphatic heterocycles. The van der Waals surface area contributed by atoms with Crippen molar-refractivity contribution in [2.45, 2.75) is 27.2 Å². The largest absolute Gasteiger partial charge is 0.306 e. The Bertz CT molecular complexity index is 811. The van der Waals surface area contributed by atoms with E-state index in [1.165, 1.54) is 0 Å². The number of hydrogen-bond donors (Lipinski definition) is 0. The molecule has 4 heteroatoms. The molecule has 0 N–H and O–H groups in total. The van der Waals surface area contributed by atoms with Gasteiger partial charge in [-0.1, -0.05) is 48.0 Å². The van der Waals surface area contributed by atoms with Gasteiger partial charge in [0.2, 0.25) is 0 Å². The Kier molecular flexibility index (Phi) is 4.86. The van der Waals surface area contributed by atoms with Gasteiger partial charge in [-0.15, -0.1) is 0 Å². The lowest BCUT2D eigenvalue weighted by Gasteiger charge is -2.17. The number of benzene rings is 2. The first kappa shape index (κ1) is 16.9. The average molecular weight is 385 g/mol. The Morgan fingerprint density at radius 2 is 1.92 bits per heavy atom. The van der Waals surface area contributed by atoms with Crippen LogP contribution in [-0.4, -0.2) is 18.2 Å². The van der Waals surface area contributed by atoms with Crippen molar-refractivity contribution in [1.29, 1.82) is 0 Å². The van der Waals surface area contributed by atoms with E-state index in [1.807, 2.05) is 54.3 Å². The molecule has 3 rings (SSSR count). The zero-order chi connectivity index (χ0) is 17.3. The summed E-state index contributed by atoms with van der Waals surface area (Å²) in [6.45, 7) is 7.09. The van der Waals surface area contributed by atoms with E-state index in [-0.39, 0.29) is 5.91 Å². The molecule has 0 saturated heterocycles. The van der Waals surface area contributed by atoms with Crippen molar-refractivity contribution in [3.63, 3.8) is 0 Å². The predicted octanol–water partition coefficient (Wildman–Crippen LogP) is 5.27. The normalized spacial score (nSPS) is 15.5. The van der Waals surface area contributed by atoms with Crippen molar-refractivity contribution in [3.8, 4) is 0 Å². The number of aliphatic imine (C=N–C) groups is 1. The Labute approximate surface area is 151 Å². The van der Waals surface area contributed by atoms with Crippen LogP contribution in [0.25, 0.3) is 0 Å². The maximum absolute atomic E-state index is 12.9. The second kappa shape index (κ2) is 6.89. The molecular weight excluding hydrogens is 364 g/mol. The topological polar surface area (TPSA) is 32.7 Å². The first-order valence-electron chi connectivity index (χ1n) is 8.23. The van der Waals surface area contributed by atoms with Gasteiger partial charge in [-0.05, 0) is 49.1 Å². The highest BCUT2D eigenvalue weighted by Gasteiger charge is 2.33. The Morgan fingerprint density at radius 3 is 2.62 bits per heavy atom. The zero-order valence-corrected chi connectivity index (χ0v) is 15.8. The number of fused-ring (bicyclic) bond motifs is 1. The molecule has 0 saturated carbocycles. The van der Waals surface area contributed by atoms with Crippen LogP contribution in [0.2, 0.25) is 0 Å². The van der Waals surface area contributed by atoms with E-state index in [2.05, 4.69) is 34.8 Å². The van der Waals surface area contributed by atoms with E-state index >= 15 is 0 Å². The molecule has 0 fully saturated rings. The SMILES string of the molecule is Cc1cc(N=C2C(=O)N(CCC(C)C)c3ccccc32)ccc1Br. The minimum atomic E-state index is -0.00239. The maximum atomic E-state index is 12.9. The van der Waals surface area contributed by atoms with Gasteiger partial charge in [0.05, 0.1) is 11.4 Å². The smallest absolute Gasteiger partial charge is 0.277 e. The maximum Gasteiger partial charge on any atom is 0.277 e. The molecule has 1 heterocycles. The molecule has 24 heavy (non-hydrogen) atoms. The van der Waals surface area contributed by atoms with Crippen molar-refractivity contribution in [2.24, 2.45) is 10.9 Å². The van der Waals surface area contributed by atoms with Crippen LogP contribution < -0.4 is 4.90 Å². The quantitative estimate of drug-likeness (QED) is 0.706. The monoisotopic (exact) mass is 384 g/mol. The number of carbonyl (C=O) groups excluding carboxylic acids is 1. The predicted molar refractivity (Wildman–Crippen MR) is 103 cm³/mol. The molecular formula is C20H21BrN2O. The summed E-state index contributed by atoms with van der Waals surface area (Å²) < 4.78 is 1.04. The fourth-order valence-corrected chi connectivity index (χ4v) is 3.05. The van der Waals surface area contributed by atoms with Crippen LogP contribution in [0, 0.1) is 12.8 Å². The van der Waals surface area contributed by atoms with Crippen molar-refractivity contribution in [2.75, 3.05) is 11.4 Å². The number of nitrogens with zero attached hydrogens (tertiary/aromatic N) is 2. The van der Waals surface area contributed by atoms with Gasteiger partial charge in [-0.3, -0.25) is 4.79 Å². The van der Waals surface area contributed by atoms with Gasteiger partial charge in [-0.2, -0.15) is 0 Å². The molecule has 3 nitrogen and oxygen atoms in total. The van der Waals surface area contributed by atoms with Crippen LogP contribution in [0.1, 0.15) is 31.4 Å². The zero-order valence-electron chi connectivity index (χ0n) is 14.2. The lowest BCUT2D eigenvalue weighted by molar-refractivity contribution is -0.112. The number of para-hydroxylation sites is 1. The second-order valence-corrected chi connectivity index (χ2v) is 7.40. The summed E-state index contributed by atoms with van der Waals surface area (Å²) in [6, 6.07) is 13.8. The van der Waals surface area contributed by atoms with Crippen LogP contribution >= 0.6 is 15.9 Å². The van der Waals surface area contributed by atoms with Crippen LogP contribution in [0.3, 0.4) is 0 Å². The number of rotatable bonds is 4. The van der Waals surface area contributed by atoms with E-state index in [0.29, 0.717) is 11.6 Å². The van der Waals surface area contributed by atoms with E-state index in [0.717, 1.165) is 39.9 Å². The molecule has 0 atom stereocenters. The summed E-state index contributed by atoms with van der Waals surface area (Å²) in [4.78, 5) is 19.4. The average Bonchev–Trinajstić information content (AvgIpc) is 2.81. The summed E-state index contributed by atoms with van der Waals surface area (Å²) >= 11 is 3.50. The summed E-state index contributed by atoms with van der Waals surface area (Å²) in [5, 5.41) is 0. The lowest BCUT2D eigenvalue weighted by Crippen LogP contribution is -2.31. The van der Waals surface area contributed by atoms with Crippen molar-refractivity contribution < 1.29 is 4.79 Å². The first-order valence-corrected chi connectivity index (χ1v) is 9.03. The molecule has 0 bridgehead atoms. The van der Waals surface area contributed by atoms with Crippen LogP contribution in [0.5, 0.6) is 0 Å². The van der Waals surface area contributed by atoms with E-state index < -0.39 is 0 Å². The minimum absolute atomic E-state index is 0.00239. The second-order valence-electron chi connectivity index (χ2n) is 6.55. The van der Waals surface area contributed by atoms with Crippen molar-refractivity contribution >= 4 is 38.9 Å². The number of aryl methyl sites for hydroxylation is 1. The molecule has 2 aromatic rings. The fourth-order valence-electron chi connectivity index (χ4n) is 2.81. The lowest BCUT2D eigenvalue weighted by atomic mass is 10.1.